The normalized spacial score (nSPS) is 11.2. The van der Waals surface area contributed by atoms with Crippen molar-refractivity contribution in [2.45, 2.75) is 4.90 Å². The third-order valence-electron chi connectivity index (χ3n) is 2.81. The van der Waals surface area contributed by atoms with E-state index in [4.69, 9.17) is 14.6 Å². The van der Waals surface area contributed by atoms with Crippen LogP contribution in [0, 0.1) is 0 Å². The SMILES string of the molecule is COCCNCCNC(=O)c1cc(S(N)(=O)=O)ccc1OC. The highest BCUT2D eigenvalue weighted by atomic mass is 32.2. The van der Waals surface area contributed by atoms with Crippen LogP contribution in [0.3, 0.4) is 0 Å². The minimum Gasteiger partial charge on any atom is -0.496 e. The summed E-state index contributed by atoms with van der Waals surface area (Å²) in [5.74, 6) is -0.159. The number of carbonyl (C=O) groups excluding carboxylic acids is 1. The van der Waals surface area contributed by atoms with E-state index in [0.29, 0.717) is 26.2 Å². The summed E-state index contributed by atoms with van der Waals surface area (Å²) in [6, 6.07) is 3.88. The van der Waals surface area contributed by atoms with Crippen LogP contribution in [-0.2, 0) is 14.8 Å². The van der Waals surface area contributed by atoms with Gasteiger partial charge in [0.1, 0.15) is 5.75 Å². The summed E-state index contributed by atoms with van der Waals surface area (Å²) < 4.78 is 32.6. The lowest BCUT2D eigenvalue weighted by molar-refractivity contribution is 0.0950. The molecule has 0 bridgehead atoms. The highest BCUT2D eigenvalue weighted by molar-refractivity contribution is 7.89. The maximum Gasteiger partial charge on any atom is 0.255 e. The van der Waals surface area contributed by atoms with Crippen molar-refractivity contribution in [3.05, 3.63) is 23.8 Å². The molecule has 1 amide bonds. The molecule has 0 atom stereocenters. The Morgan fingerprint density at radius 3 is 2.55 bits per heavy atom. The average Bonchev–Trinajstić information content (AvgIpc) is 2.49. The Morgan fingerprint density at radius 1 is 1.23 bits per heavy atom. The molecule has 1 aromatic carbocycles. The van der Waals surface area contributed by atoms with Crippen molar-refractivity contribution in [2.75, 3.05) is 40.5 Å². The fourth-order valence-corrected chi connectivity index (χ4v) is 2.24. The molecule has 0 saturated heterocycles. The van der Waals surface area contributed by atoms with Gasteiger partial charge in [-0.05, 0) is 18.2 Å². The Kier molecular flexibility index (Phi) is 7.25. The van der Waals surface area contributed by atoms with Crippen LogP contribution in [0.2, 0.25) is 0 Å². The van der Waals surface area contributed by atoms with Crippen molar-refractivity contribution in [1.29, 1.82) is 0 Å². The van der Waals surface area contributed by atoms with Crippen molar-refractivity contribution in [2.24, 2.45) is 5.14 Å². The van der Waals surface area contributed by atoms with Crippen molar-refractivity contribution in [3.8, 4) is 5.75 Å². The van der Waals surface area contributed by atoms with Gasteiger partial charge in [-0.25, -0.2) is 13.6 Å². The lowest BCUT2D eigenvalue weighted by atomic mass is 10.2. The second-order valence-electron chi connectivity index (χ2n) is 4.41. The van der Waals surface area contributed by atoms with Gasteiger partial charge < -0.3 is 20.1 Å². The fourth-order valence-electron chi connectivity index (χ4n) is 1.70. The van der Waals surface area contributed by atoms with E-state index in [1.54, 1.807) is 7.11 Å². The second-order valence-corrected chi connectivity index (χ2v) is 5.97. The van der Waals surface area contributed by atoms with Crippen LogP contribution in [0.5, 0.6) is 5.75 Å². The van der Waals surface area contributed by atoms with Gasteiger partial charge in [-0.3, -0.25) is 4.79 Å². The first-order chi connectivity index (χ1) is 10.4. The van der Waals surface area contributed by atoms with Gasteiger partial charge in [0.25, 0.3) is 5.91 Å². The Morgan fingerprint density at radius 2 is 1.95 bits per heavy atom. The van der Waals surface area contributed by atoms with Crippen LogP contribution in [0.15, 0.2) is 23.1 Å². The molecule has 0 aromatic heterocycles. The molecule has 4 N–H and O–H groups in total. The maximum absolute atomic E-state index is 12.1. The van der Waals surface area contributed by atoms with E-state index in [2.05, 4.69) is 10.6 Å². The van der Waals surface area contributed by atoms with Crippen molar-refractivity contribution >= 4 is 15.9 Å². The zero-order chi connectivity index (χ0) is 16.6. The van der Waals surface area contributed by atoms with E-state index in [-0.39, 0.29) is 16.2 Å². The molecule has 0 saturated carbocycles. The molecule has 0 heterocycles. The number of hydrogen-bond acceptors (Lipinski definition) is 6. The van der Waals surface area contributed by atoms with Gasteiger partial charge in [0.15, 0.2) is 0 Å². The van der Waals surface area contributed by atoms with Gasteiger partial charge in [-0.2, -0.15) is 0 Å². The van der Waals surface area contributed by atoms with Crippen LogP contribution in [-0.4, -0.2) is 54.8 Å². The lowest BCUT2D eigenvalue weighted by Gasteiger charge is -2.11. The van der Waals surface area contributed by atoms with Crippen LogP contribution in [0.4, 0.5) is 0 Å². The zero-order valence-corrected chi connectivity index (χ0v) is 13.4. The molecule has 0 unspecified atom stereocenters. The van der Waals surface area contributed by atoms with Crippen molar-refractivity contribution in [1.82, 2.24) is 10.6 Å². The zero-order valence-electron chi connectivity index (χ0n) is 12.6. The van der Waals surface area contributed by atoms with Gasteiger partial charge >= 0.3 is 0 Å². The molecule has 1 aromatic rings. The van der Waals surface area contributed by atoms with E-state index in [0.717, 1.165) is 0 Å². The largest absolute Gasteiger partial charge is 0.496 e. The first-order valence-corrected chi connectivity index (χ1v) is 8.13. The van der Waals surface area contributed by atoms with Crippen molar-refractivity contribution < 1.29 is 22.7 Å². The monoisotopic (exact) mass is 331 g/mol. The molecule has 0 fully saturated rings. The Hall–Kier alpha value is -1.68. The Labute approximate surface area is 130 Å². The van der Waals surface area contributed by atoms with E-state index in [1.165, 1.54) is 25.3 Å². The molecule has 9 heteroatoms. The summed E-state index contributed by atoms with van der Waals surface area (Å²) in [5, 5.41) is 10.8. The van der Waals surface area contributed by atoms with Gasteiger partial charge in [0.2, 0.25) is 10.0 Å². The molecular weight excluding hydrogens is 310 g/mol. The molecule has 0 aliphatic rings. The predicted octanol–water partition coefficient (Wildman–Crippen LogP) is -0.692. The fraction of sp³-hybridized carbons (Fsp3) is 0.462. The highest BCUT2D eigenvalue weighted by Gasteiger charge is 2.16. The second kappa shape index (κ2) is 8.69. The number of sulfonamides is 1. The number of amides is 1. The predicted molar refractivity (Wildman–Crippen MR) is 81.4 cm³/mol. The summed E-state index contributed by atoms with van der Waals surface area (Å²) in [4.78, 5) is 12.0. The van der Waals surface area contributed by atoms with Gasteiger partial charge in [-0.15, -0.1) is 0 Å². The summed E-state index contributed by atoms with van der Waals surface area (Å²) in [6.07, 6.45) is 0. The summed E-state index contributed by atoms with van der Waals surface area (Å²) in [7, 11) is -0.878. The van der Waals surface area contributed by atoms with Gasteiger partial charge in [0.05, 0.1) is 24.2 Å². The smallest absolute Gasteiger partial charge is 0.255 e. The number of methoxy groups -OCH3 is 2. The van der Waals surface area contributed by atoms with Gasteiger partial charge in [-0.1, -0.05) is 0 Å². The van der Waals surface area contributed by atoms with E-state index in [9.17, 15) is 13.2 Å². The lowest BCUT2D eigenvalue weighted by Crippen LogP contribution is -2.33. The molecule has 1 rings (SSSR count). The number of ether oxygens (including phenoxy) is 2. The molecule has 0 radical (unpaired) electrons. The molecular formula is C13H21N3O5S. The van der Waals surface area contributed by atoms with Gasteiger partial charge in [0, 0.05) is 26.7 Å². The molecule has 0 aliphatic carbocycles. The van der Waals surface area contributed by atoms with Crippen LogP contribution >= 0.6 is 0 Å². The minimum absolute atomic E-state index is 0.117. The van der Waals surface area contributed by atoms with E-state index in [1.807, 2.05) is 0 Å². The number of benzene rings is 1. The number of nitrogens with one attached hydrogen (secondary N) is 2. The Bertz CT molecular complexity index is 604. The third kappa shape index (κ3) is 5.60. The van der Waals surface area contributed by atoms with Crippen molar-refractivity contribution in [3.63, 3.8) is 0 Å². The van der Waals surface area contributed by atoms with Crippen LogP contribution in [0.25, 0.3) is 0 Å². The standard InChI is InChI=1S/C13H21N3O5S/c1-20-8-7-15-5-6-16-13(17)11-9-10(22(14,18)19)3-4-12(11)21-2/h3-4,9,15H,5-8H2,1-2H3,(H,16,17)(H2,14,18,19). The molecule has 22 heavy (non-hydrogen) atoms. The topological polar surface area (TPSA) is 120 Å². The Balaban J connectivity index is 2.71. The maximum atomic E-state index is 12.1. The molecule has 0 spiro atoms. The average molecular weight is 331 g/mol. The van der Waals surface area contributed by atoms with Crippen LogP contribution < -0.4 is 20.5 Å². The summed E-state index contributed by atoms with van der Waals surface area (Å²) in [6.45, 7) is 2.20. The third-order valence-corrected chi connectivity index (χ3v) is 3.73. The molecule has 124 valence electrons. The quantitative estimate of drug-likeness (QED) is 0.515. The van der Waals surface area contributed by atoms with Crippen LogP contribution in [0.1, 0.15) is 10.4 Å². The molecule has 8 nitrogen and oxygen atoms in total. The summed E-state index contributed by atoms with van der Waals surface area (Å²) >= 11 is 0. The minimum atomic E-state index is -3.88. The number of rotatable bonds is 9. The number of hydrogen-bond donors (Lipinski definition) is 3. The first-order valence-electron chi connectivity index (χ1n) is 6.59. The molecule has 0 aliphatic heterocycles. The number of nitrogens with two attached hydrogens (primary N) is 1. The number of carbonyl (C=O) groups is 1. The number of primary sulfonamides is 1. The highest BCUT2D eigenvalue weighted by Crippen LogP contribution is 2.21. The van der Waals surface area contributed by atoms with E-state index < -0.39 is 15.9 Å². The first kappa shape index (κ1) is 18.4. The van der Waals surface area contributed by atoms with E-state index >= 15 is 0 Å². The summed E-state index contributed by atoms with van der Waals surface area (Å²) in [5.41, 5.74) is 0.117.